The molecule has 2 saturated heterocycles. The highest BCUT2D eigenvalue weighted by molar-refractivity contribution is 5.87. The first-order chi connectivity index (χ1) is 9.32. The van der Waals surface area contributed by atoms with Crippen LogP contribution in [0.15, 0.2) is 0 Å². The number of carbonyl (C=O) groups is 2. The van der Waals surface area contributed by atoms with Gasteiger partial charge in [-0.05, 0) is 33.6 Å². The Kier molecular flexibility index (Phi) is 4.34. The molecule has 0 aromatic heterocycles. The van der Waals surface area contributed by atoms with Crippen molar-refractivity contribution in [2.45, 2.75) is 70.3 Å². The van der Waals surface area contributed by atoms with Gasteiger partial charge in [-0.3, -0.25) is 9.69 Å². The average Bonchev–Trinajstić information content (AvgIpc) is 2.91. The number of hydrogen-bond acceptors (Lipinski definition) is 4. The summed E-state index contributed by atoms with van der Waals surface area (Å²) in [5, 5.41) is 18.8. The first-order valence-corrected chi connectivity index (χ1v) is 7.31. The predicted molar refractivity (Wildman–Crippen MR) is 73.2 cm³/mol. The molecule has 2 aliphatic heterocycles. The number of aliphatic hydroxyl groups is 1. The Labute approximate surface area is 119 Å². The van der Waals surface area contributed by atoms with Gasteiger partial charge < -0.3 is 15.1 Å². The number of carboxylic acids is 1. The summed E-state index contributed by atoms with van der Waals surface area (Å²) in [6.07, 6.45) is 1.51. The maximum absolute atomic E-state index is 12.6. The van der Waals surface area contributed by atoms with Gasteiger partial charge in [0.05, 0.1) is 12.1 Å². The van der Waals surface area contributed by atoms with Crippen LogP contribution in [0.5, 0.6) is 0 Å². The van der Waals surface area contributed by atoms with Gasteiger partial charge in [0.15, 0.2) is 0 Å². The van der Waals surface area contributed by atoms with E-state index in [2.05, 4.69) is 18.7 Å². The van der Waals surface area contributed by atoms with E-state index >= 15 is 0 Å². The third-order valence-electron chi connectivity index (χ3n) is 4.67. The van der Waals surface area contributed by atoms with Crippen LogP contribution in [-0.4, -0.2) is 68.7 Å². The summed E-state index contributed by atoms with van der Waals surface area (Å²) in [5.41, 5.74) is 0. The average molecular weight is 284 g/mol. The van der Waals surface area contributed by atoms with E-state index in [1.165, 1.54) is 4.90 Å². The van der Waals surface area contributed by atoms with Crippen molar-refractivity contribution >= 4 is 11.9 Å². The van der Waals surface area contributed by atoms with Gasteiger partial charge in [-0.25, -0.2) is 4.79 Å². The van der Waals surface area contributed by atoms with Gasteiger partial charge in [-0.1, -0.05) is 0 Å². The molecule has 114 valence electrons. The number of nitrogens with zero attached hydrogens (tertiary/aromatic N) is 2. The fourth-order valence-corrected chi connectivity index (χ4v) is 3.64. The molecule has 0 radical (unpaired) electrons. The van der Waals surface area contributed by atoms with E-state index in [9.17, 15) is 19.8 Å². The lowest BCUT2D eigenvalue weighted by Gasteiger charge is -2.35. The fraction of sp³-hybridized carbons (Fsp3) is 0.857. The first-order valence-electron chi connectivity index (χ1n) is 7.31. The lowest BCUT2D eigenvalue weighted by Crippen LogP contribution is -2.53. The minimum atomic E-state index is -1.04. The Hall–Kier alpha value is -1.14. The Morgan fingerprint density at radius 1 is 1.20 bits per heavy atom. The molecule has 0 saturated carbocycles. The van der Waals surface area contributed by atoms with Gasteiger partial charge in [0.1, 0.15) is 6.04 Å². The van der Waals surface area contributed by atoms with Gasteiger partial charge in [-0.2, -0.15) is 0 Å². The number of carbonyl (C=O) groups excluding carboxylic acids is 1. The van der Waals surface area contributed by atoms with E-state index in [0.717, 1.165) is 12.8 Å². The standard InChI is InChI=1S/C14H24N2O4/c1-8-4-5-9(2)16(8)10(3)13(18)15-7-11(17)6-12(15)14(19)20/h8-12,17H,4-7H2,1-3H3,(H,19,20). The van der Waals surface area contributed by atoms with Gasteiger partial charge in [-0.15, -0.1) is 0 Å². The molecule has 2 rings (SSSR count). The highest BCUT2D eigenvalue weighted by Gasteiger charge is 2.43. The monoisotopic (exact) mass is 284 g/mol. The third kappa shape index (κ3) is 2.67. The molecule has 2 N–H and O–H groups in total. The van der Waals surface area contributed by atoms with Crippen LogP contribution >= 0.6 is 0 Å². The van der Waals surface area contributed by atoms with Crippen molar-refractivity contribution < 1.29 is 19.8 Å². The minimum Gasteiger partial charge on any atom is -0.480 e. The van der Waals surface area contributed by atoms with Crippen LogP contribution in [0.3, 0.4) is 0 Å². The van der Waals surface area contributed by atoms with E-state index < -0.39 is 18.1 Å². The molecule has 5 atom stereocenters. The molecule has 1 amide bonds. The van der Waals surface area contributed by atoms with Gasteiger partial charge >= 0.3 is 5.97 Å². The van der Waals surface area contributed by atoms with Crippen molar-refractivity contribution in [3.8, 4) is 0 Å². The number of amides is 1. The number of carboxylic acid groups (broad SMARTS) is 1. The normalized spacial score (nSPS) is 36.3. The third-order valence-corrected chi connectivity index (χ3v) is 4.67. The molecule has 5 unspecified atom stereocenters. The number of likely N-dealkylation sites (tertiary alicyclic amines) is 2. The highest BCUT2D eigenvalue weighted by Crippen LogP contribution is 2.28. The molecular formula is C14H24N2O4. The largest absolute Gasteiger partial charge is 0.480 e. The Morgan fingerprint density at radius 2 is 1.75 bits per heavy atom. The molecule has 0 aromatic rings. The lowest BCUT2D eigenvalue weighted by atomic mass is 10.1. The van der Waals surface area contributed by atoms with E-state index in [-0.39, 0.29) is 24.9 Å². The van der Waals surface area contributed by atoms with E-state index in [1.54, 1.807) is 0 Å². The van der Waals surface area contributed by atoms with Crippen LogP contribution in [0.25, 0.3) is 0 Å². The number of aliphatic carboxylic acids is 1. The van der Waals surface area contributed by atoms with Gasteiger partial charge in [0.2, 0.25) is 5.91 Å². The molecule has 2 aliphatic rings. The smallest absolute Gasteiger partial charge is 0.326 e. The van der Waals surface area contributed by atoms with Crippen molar-refractivity contribution in [3.63, 3.8) is 0 Å². The molecule has 6 heteroatoms. The molecule has 0 aliphatic carbocycles. The maximum atomic E-state index is 12.6. The van der Waals surface area contributed by atoms with Gasteiger partial charge in [0.25, 0.3) is 0 Å². The fourth-order valence-electron chi connectivity index (χ4n) is 3.64. The Bertz CT molecular complexity index is 391. The number of β-amino-alcohol motifs (C(OH)–C–C–N with tert-alkyl or cyclic N) is 1. The van der Waals surface area contributed by atoms with Crippen LogP contribution in [0.2, 0.25) is 0 Å². The SMILES string of the molecule is CC1CCC(C)N1C(C)C(=O)N1CC(O)CC1C(=O)O. The lowest BCUT2D eigenvalue weighted by molar-refractivity contribution is -0.150. The zero-order valence-corrected chi connectivity index (χ0v) is 12.3. The molecule has 2 fully saturated rings. The zero-order valence-electron chi connectivity index (χ0n) is 12.3. The van der Waals surface area contributed by atoms with Crippen molar-refractivity contribution in [1.29, 1.82) is 0 Å². The predicted octanol–water partition coefficient (Wildman–Crippen LogP) is 0.294. The van der Waals surface area contributed by atoms with Crippen LogP contribution < -0.4 is 0 Å². The quantitative estimate of drug-likeness (QED) is 0.779. The van der Waals surface area contributed by atoms with Gasteiger partial charge in [0, 0.05) is 25.0 Å². The van der Waals surface area contributed by atoms with Crippen molar-refractivity contribution in [1.82, 2.24) is 9.80 Å². The summed E-state index contributed by atoms with van der Waals surface area (Å²) in [5.74, 6) is -1.22. The number of rotatable bonds is 3. The minimum absolute atomic E-state index is 0.122. The summed E-state index contributed by atoms with van der Waals surface area (Å²) in [7, 11) is 0. The van der Waals surface area contributed by atoms with Crippen molar-refractivity contribution in [3.05, 3.63) is 0 Å². The second-order valence-corrected chi connectivity index (χ2v) is 6.13. The summed E-state index contributed by atoms with van der Waals surface area (Å²) in [4.78, 5) is 27.3. The summed E-state index contributed by atoms with van der Waals surface area (Å²) < 4.78 is 0. The molecule has 2 heterocycles. The molecule has 6 nitrogen and oxygen atoms in total. The van der Waals surface area contributed by atoms with E-state index in [0.29, 0.717) is 12.1 Å². The second kappa shape index (κ2) is 5.69. The Morgan fingerprint density at radius 3 is 2.25 bits per heavy atom. The Balaban J connectivity index is 2.11. The molecular weight excluding hydrogens is 260 g/mol. The van der Waals surface area contributed by atoms with Crippen LogP contribution in [0.1, 0.15) is 40.0 Å². The number of aliphatic hydroxyl groups excluding tert-OH is 1. The summed E-state index contributed by atoms with van der Waals surface area (Å²) >= 11 is 0. The number of hydrogen-bond donors (Lipinski definition) is 2. The van der Waals surface area contributed by atoms with Crippen molar-refractivity contribution in [2.75, 3.05) is 6.54 Å². The first kappa shape index (κ1) is 15.3. The van der Waals surface area contributed by atoms with E-state index in [4.69, 9.17) is 0 Å². The topological polar surface area (TPSA) is 81.1 Å². The van der Waals surface area contributed by atoms with Crippen molar-refractivity contribution in [2.24, 2.45) is 0 Å². The molecule has 0 aromatic carbocycles. The zero-order chi connectivity index (χ0) is 15.0. The van der Waals surface area contributed by atoms with E-state index in [1.807, 2.05) is 6.92 Å². The highest BCUT2D eigenvalue weighted by atomic mass is 16.4. The molecule has 20 heavy (non-hydrogen) atoms. The van der Waals surface area contributed by atoms with Crippen LogP contribution in [0.4, 0.5) is 0 Å². The van der Waals surface area contributed by atoms with Crippen LogP contribution in [-0.2, 0) is 9.59 Å². The molecule has 0 spiro atoms. The van der Waals surface area contributed by atoms with Crippen LogP contribution in [0, 0.1) is 0 Å². The summed E-state index contributed by atoms with van der Waals surface area (Å²) in [6.45, 7) is 6.16. The summed E-state index contributed by atoms with van der Waals surface area (Å²) in [6, 6.07) is -0.567. The molecule has 0 bridgehead atoms. The maximum Gasteiger partial charge on any atom is 0.326 e. The second-order valence-electron chi connectivity index (χ2n) is 6.13.